The number of carbonyl (C=O) groups is 1. The molecular formula is C10H18O. The average Bonchev–Trinajstić information content (AvgIpc) is 2.01. The van der Waals surface area contributed by atoms with Crippen molar-refractivity contribution in [3.63, 3.8) is 0 Å². The minimum atomic E-state index is 0.314. The van der Waals surface area contributed by atoms with Crippen molar-refractivity contribution in [1.82, 2.24) is 0 Å². The lowest BCUT2D eigenvalue weighted by atomic mass is 9.74. The van der Waals surface area contributed by atoms with Crippen LogP contribution in [0.25, 0.3) is 0 Å². The van der Waals surface area contributed by atoms with Gasteiger partial charge < -0.3 is 0 Å². The third kappa shape index (κ3) is 1.63. The van der Waals surface area contributed by atoms with Crippen LogP contribution in [0.15, 0.2) is 0 Å². The highest BCUT2D eigenvalue weighted by molar-refractivity contribution is 5.84. The molecule has 1 aliphatic carbocycles. The third-order valence-corrected chi connectivity index (χ3v) is 3.17. The van der Waals surface area contributed by atoms with E-state index in [0.717, 1.165) is 12.8 Å². The quantitative estimate of drug-likeness (QED) is 0.567. The SMILES string of the molecule is CCC1CCC(C)C(C)C1=O. The van der Waals surface area contributed by atoms with Crippen LogP contribution in [0.2, 0.25) is 0 Å². The molecule has 0 aromatic heterocycles. The van der Waals surface area contributed by atoms with Crippen molar-refractivity contribution in [1.29, 1.82) is 0 Å². The predicted octanol–water partition coefficient (Wildman–Crippen LogP) is 2.65. The van der Waals surface area contributed by atoms with E-state index in [9.17, 15) is 4.79 Å². The van der Waals surface area contributed by atoms with E-state index in [0.29, 0.717) is 23.5 Å². The predicted molar refractivity (Wildman–Crippen MR) is 46.4 cm³/mol. The lowest BCUT2D eigenvalue weighted by Gasteiger charge is -2.29. The maximum atomic E-state index is 11.6. The third-order valence-electron chi connectivity index (χ3n) is 3.17. The van der Waals surface area contributed by atoms with E-state index in [4.69, 9.17) is 0 Å². The van der Waals surface area contributed by atoms with Gasteiger partial charge in [-0.1, -0.05) is 20.8 Å². The molecule has 3 unspecified atom stereocenters. The van der Waals surface area contributed by atoms with Gasteiger partial charge in [0.1, 0.15) is 5.78 Å². The molecule has 1 fully saturated rings. The van der Waals surface area contributed by atoms with E-state index in [1.165, 1.54) is 6.42 Å². The van der Waals surface area contributed by atoms with Gasteiger partial charge in [-0.25, -0.2) is 0 Å². The van der Waals surface area contributed by atoms with Crippen molar-refractivity contribution in [3.05, 3.63) is 0 Å². The van der Waals surface area contributed by atoms with Crippen LogP contribution in [0, 0.1) is 17.8 Å². The van der Waals surface area contributed by atoms with Crippen LogP contribution in [-0.4, -0.2) is 5.78 Å². The van der Waals surface area contributed by atoms with Gasteiger partial charge in [0, 0.05) is 11.8 Å². The summed E-state index contributed by atoms with van der Waals surface area (Å²) in [5.41, 5.74) is 0. The first-order chi connectivity index (χ1) is 5.16. The minimum Gasteiger partial charge on any atom is -0.299 e. The molecular weight excluding hydrogens is 136 g/mol. The van der Waals surface area contributed by atoms with Crippen molar-refractivity contribution in [3.8, 4) is 0 Å². The van der Waals surface area contributed by atoms with Gasteiger partial charge in [-0.05, 0) is 25.2 Å². The second-order valence-corrected chi connectivity index (χ2v) is 3.85. The molecule has 0 radical (unpaired) electrons. The van der Waals surface area contributed by atoms with Crippen LogP contribution in [-0.2, 0) is 4.79 Å². The standard InChI is InChI=1S/C10H18O/c1-4-9-6-5-7(2)8(3)10(9)11/h7-9H,4-6H2,1-3H3. The summed E-state index contributed by atoms with van der Waals surface area (Å²) in [6.45, 7) is 6.38. The van der Waals surface area contributed by atoms with Gasteiger partial charge in [0.15, 0.2) is 0 Å². The van der Waals surface area contributed by atoms with Gasteiger partial charge in [0.2, 0.25) is 0 Å². The zero-order valence-corrected chi connectivity index (χ0v) is 7.76. The van der Waals surface area contributed by atoms with Crippen molar-refractivity contribution in [2.75, 3.05) is 0 Å². The Labute approximate surface area is 69.2 Å². The Morgan fingerprint density at radius 3 is 2.55 bits per heavy atom. The number of hydrogen-bond acceptors (Lipinski definition) is 1. The van der Waals surface area contributed by atoms with E-state index in [1.807, 2.05) is 0 Å². The molecule has 0 aliphatic heterocycles. The van der Waals surface area contributed by atoms with Crippen LogP contribution in [0.1, 0.15) is 40.0 Å². The van der Waals surface area contributed by atoms with E-state index < -0.39 is 0 Å². The highest BCUT2D eigenvalue weighted by Gasteiger charge is 2.31. The Hall–Kier alpha value is -0.330. The molecule has 0 heterocycles. The fourth-order valence-corrected chi connectivity index (χ4v) is 1.91. The summed E-state index contributed by atoms with van der Waals surface area (Å²) in [5.74, 6) is 1.81. The molecule has 0 N–H and O–H groups in total. The summed E-state index contributed by atoms with van der Waals surface area (Å²) in [4.78, 5) is 11.6. The highest BCUT2D eigenvalue weighted by Crippen LogP contribution is 2.31. The second kappa shape index (κ2) is 3.38. The number of Topliss-reactive ketones (excluding diaryl/α,β-unsaturated/α-hetero) is 1. The molecule has 1 aliphatic rings. The number of rotatable bonds is 1. The summed E-state index contributed by atoms with van der Waals surface area (Å²) >= 11 is 0. The first kappa shape index (κ1) is 8.76. The minimum absolute atomic E-state index is 0.314. The normalized spacial score (nSPS) is 39.2. The van der Waals surface area contributed by atoms with Gasteiger partial charge >= 0.3 is 0 Å². The summed E-state index contributed by atoms with van der Waals surface area (Å²) in [7, 11) is 0. The molecule has 0 bridgehead atoms. The molecule has 0 spiro atoms. The van der Waals surface area contributed by atoms with Crippen molar-refractivity contribution in [2.24, 2.45) is 17.8 Å². The molecule has 0 saturated heterocycles. The van der Waals surface area contributed by atoms with Gasteiger partial charge in [0.05, 0.1) is 0 Å². The Bertz CT molecular complexity index is 147. The zero-order chi connectivity index (χ0) is 8.43. The fourth-order valence-electron chi connectivity index (χ4n) is 1.91. The largest absolute Gasteiger partial charge is 0.299 e. The molecule has 1 saturated carbocycles. The molecule has 3 atom stereocenters. The van der Waals surface area contributed by atoms with Gasteiger partial charge in [-0.2, -0.15) is 0 Å². The zero-order valence-electron chi connectivity index (χ0n) is 7.76. The summed E-state index contributed by atoms with van der Waals surface area (Å²) in [6.07, 6.45) is 3.40. The molecule has 0 aromatic rings. The Balaban J connectivity index is 2.59. The van der Waals surface area contributed by atoms with Gasteiger partial charge in [0.25, 0.3) is 0 Å². The topological polar surface area (TPSA) is 17.1 Å². The summed E-state index contributed by atoms with van der Waals surface area (Å²) < 4.78 is 0. The highest BCUT2D eigenvalue weighted by atomic mass is 16.1. The van der Waals surface area contributed by atoms with Crippen LogP contribution in [0.3, 0.4) is 0 Å². The van der Waals surface area contributed by atoms with E-state index in [2.05, 4.69) is 20.8 Å². The molecule has 1 heteroatoms. The first-order valence-electron chi connectivity index (χ1n) is 4.70. The summed E-state index contributed by atoms with van der Waals surface area (Å²) in [6, 6.07) is 0. The number of hydrogen-bond donors (Lipinski definition) is 0. The molecule has 0 aromatic carbocycles. The van der Waals surface area contributed by atoms with E-state index in [1.54, 1.807) is 0 Å². The lowest BCUT2D eigenvalue weighted by Crippen LogP contribution is -2.31. The smallest absolute Gasteiger partial charge is 0.139 e. The van der Waals surface area contributed by atoms with E-state index >= 15 is 0 Å². The Kier molecular flexibility index (Phi) is 2.69. The van der Waals surface area contributed by atoms with Crippen molar-refractivity contribution < 1.29 is 4.79 Å². The molecule has 1 rings (SSSR count). The number of ketones is 1. The maximum absolute atomic E-state index is 11.6. The van der Waals surface area contributed by atoms with Gasteiger partial charge in [-0.15, -0.1) is 0 Å². The van der Waals surface area contributed by atoms with E-state index in [-0.39, 0.29) is 0 Å². The molecule has 11 heavy (non-hydrogen) atoms. The second-order valence-electron chi connectivity index (χ2n) is 3.85. The van der Waals surface area contributed by atoms with Crippen LogP contribution >= 0.6 is 0 Å². The van der Waals surface area contributed by atoms with Crippen LogP contribution < -0.4 is 0 Å². The van der Waals surface area contributed by atoms with Crippen LogP contribution in [0.5, 0.6) is 0 Å². The average molecular weight is 154 g/mol. The van der Waals surface area contributed by atoms with Gasteiger partial charge in [-0.3, -0.25) is 4.79 Å². The summed E-state index contributed by atoms with van der Waals surface area (Å²) in [5, 5.41) is 0. The molecule has 64 valence electrons. The monoisotopic (exact) mass is 154 g/mol. The Morgan fingerprint density at radius 2 is 2.00 bits per heavy atom. The maximum Gasteiger partial charge on any atom is 0.139 e. The molecule has 1 nitrogen and oxygen atoms in total. The Morgan fingerprint density at radius 1 is 1.36 bits per heavy atom. The molecule has 0 amide bonds. The van der Waals surface area contributed by atoms with Crippen molar-refractivity contribution >= 4 is 5.78 Å². The lowest BCUT2D eigenvalue weighted by molar-refractivity contribution is -0.130. The van der Waals surface area contributed by atoms with Crippen molar-refractivity contribution in [2.45, 2.75) is 40.0 Å². The first-order valence-corrected chi connectivity index (χ1v) is 4.70. The van der Waals surface area contributed by atoms with Crippen LogP contribution in [0.4, 0.5) is 0 Å². The fraction of sp³-hybridized carbons (Fsp3) is 0.900. The number of carbonyl (C=O) groups excluding carboxylic acids is 1.